The number of fused-ring (bicyclic) bond motifs is 1. The molecule has 1 heterocycles. The van der Waals surface area contributed by atoms with Gasteiger partial charge in [0.1, 0.15) is 11.5 Å². The zero-order valence-electron chi connectivity index (χ0n) is 14.2. The van der Waals surface area contributed by atoms with Crippen LogP contribution in [0.2, 0.25) is 15.1 Å². The first-order chi connectivity index (χ1) is 13.3. The fourth-order valence-corrected chi connectivity index (χ4v) is 4.90. The molecule has 150 valence electrons. The summed E-state index contributed by atoms with van der Waals surface area (Å²) in [5.74, 6) is 0.328. The summed E-state index contributed by atoms with van der Waals surface area (Å²) in [6.07, 6.45) is -0.181. The summed E-state index contributed by atoms with van der Waals surface area (Å²) in [6, 6.07) is 7.61. The highest BCUT2D eigenvalue weighted by Gasteiger charge is 2.22. The van der Waals surface area contributed by atoms with Gasteiger partial charge >= 0.3 is 5.97 Å². The molecule has 0 unspecified atom stereocenters. The molecule has 11 heteroatoms. The van der Waals surface area contributed by atoms with E-state index in [0.29, 0.717) is 22.1 Å². The Hall–Kier alpha value is -1.71. The third kappa shape index (κ3) is 4.82. The molecule has 0 spiro atoms. The Balaban J connectivity index is 1.52. The van der Waals surface area contributed by atoms with E-state index >= 15 is 0 Å². The van der Waals surface area contributed by atoms with Crippen LogP contribution in [0.5, 0.6) is 11.5 Å². The van der Waals surface area contributed by atoms with Crippen molar-refractivity contribution in [2.75, 3.05) is 13.3 Å². The molecule has 28 heavy (non-hydrogen) atoms. The van der Waals surface area contributed by atoms with E-state index in [0.717, 1.165) is 0 Å². The Labute approximate surface area is 176 Å². The SMILES string of the molecule is O=C(CCNS(=O)(=O)c1c(Cl)cccc1Cl)OCc1cc(Cl)c2c(c1)OCO2. The van der Waals surface area contributed by atoms with Crippen LogP contribution in [0, 0.1) is 0 Å². The van der Waals surface area contributed by atoms with Gasteiger partial charge in [0.25, 0.3) is 0 Å². The molecule has 0 fully saturated rings. The summed E-state index contributed by atoms with van der Waals surface area (Å²) < 4.78 is 42.5. The Morgan fingerprint density at radius 3 is 2.54 bits per heavy atom. The highest BCUT2D eigenvalue weighted by Crippen LogP contribution is 2.39. The van der Waals surface area contributed by atoms with E-state index in [-0.39, 0.29) is 41.3 Å². The number of hydrogen-bond acceptors (Lipinski definition) is 6. The highest BCUT2D eigenvalue weighted by atomic mass is 35.5. The lowest BCUT2D eigenvalue weighted by Crippen LogP contribution is -2.27. The maximum absolute atomic E-state index is 12.3. The van der Waals surface area contributed by atoms with Crippen LogP contribution in [0.4, 0.5) is 0 Å². The fourth-order valence-electron chi connectivity index (χ4n) is 2.44. The minimum Gasteiger partial charge on any atom is -0.461 e. The molecule has 1 aliphatic heterocycles. The number of sulfonamides is 1. The number of esters is 1. The monoisotopic (exact) mass is 465 g/mol. The molecule has 1 N–H and O–H groups in total. The van der Waals surface area contributed by atoms with E-state index in [1.54, 1.807) is 12.1 Å². The second kappa shape index (κ2) is 8.75. The van der Waals surface area contributed by atoms with Gasteiger partial charge in [-0.15, -0.1) is 0 Å². The third-order valence-electron chi connectivity index (χ3n) is 3.70. The average Bonchev–Trinajstić information content (AvgIpc) is 3.08. The van der Waals surface area contributed by atoms with Crippen molar-refractivity contribution in [3.05, 3.63) is 51.0 Å². The van der Waals surface area contributed by atoms with Crippen molar-refractivity contribution in [3.8, 4) is 11.5 Å². The zero-order valence-corrected chi connectivity index (χ0v) is 17.3. The molecule has 1 aliphatic rings. The first kappa shape index (κ1) is 21.0. The number of hydrogen-bond donors (Lipinski definition) is 1. The van der Waals surface area contributed by atoms with Crippen molar-refractivity contribution >= 4 is 50.8 Å². The van der Waals surface area contributed by atoms with Crippen LogP contribution < -0.4 is 14.2 Å². The molecule has 0 radical (unpaired) electrons. The molecule has 0 bridgehead atoms. The summed E-state index contributed by atoms with van der Waals surface area (Å²) in [5.41, 5.74) is 0.617. The van der Waals surface area contributed by atoms with E-state index in [2.05, 4.69) is 4.72 Å². The summed E-state index contributed by atoms with van der Waals surface area (Å²) in [7, 11) is -3.97. The number of carbonyl (C=O) groups excluding carboxylic acids is 1. The normalized spacial score (nSPS) is 12.8. The van der Waals surface area contributed by atoms with Crippen LogP contribution in [-0.2, 0) is 26.2 Å². The number of carbonyl (C=O) groups is 1. The predicted octanol–water partition coefficient (Wildman–Crippen LogP) is 3.79. The minimum atomic E-state index is -3.97. The quantitative estimate of drug-likeness (QED) is 0.624. The van der Waals surface area contributed by atoms with Gasteiger partial charge in [0, 0.05) is 6.54 Å². The summed E-state index contributed by atoms with van der Waals surface area (Å²) in [5, 5.41) is 0.329. The molecule has 0 aliphatic carbocycles. The van der Waals surface area contributed by atoms with Gasteiger partial charge in [0.05, 0.1) is 21.5 Å². The lowest BCUT2D eigenvalue weighted by molar-refractivity contribution is -0.144. The minimum absolute atomic E-state index is 0.0118. The number of ether oxygens (including phenoxy) is 3. The number of nitrogens with one attached hydrogen (secondary N) is 1. The lowest BCUT2D eigenvalue weighted by atomic mass is 10.2. The van der Waals surface area contributed by atoms with E-state index in [4.69, 9.17) is 49.0 Å². The van der Waals surface area contributed by atoms with Gasteiger partial charge in [-0.3, -0.25) is 4.79 Å². The van der Waals surface area contributed by atoms with Crippen molar-refractivity contribution < 1.29 is 27.4 Å². The Morgan fingerprint density at radius 2 is 1.82 bits per heavy atom. The van der Waals surface area contributed by atoms with E-state index in [9.17, 15) is 13.2 Å². The molecule has 3 rings (SSSR count). The van der Waals surface area contributed by atoms with Crippen molar-refractivity contribution in [3.63, 3.8) is 0 Å². The molecule has 2 aromatic carbocycles. The van der Waals surface area contributed by atoms with Crippen LogP contribution in [0.1, 0.15) is 12.0 Å². The first-order valence-electron chi connectivity index (χ1n) is 7.95. The molecule has 0 amide bonds. The van der Waals surface area contributed by atoms with Crippen LogP contribution in [0.25, 0.3) is 0 Å². The number of benzene rings is 2. The van der Waals surface area contributed by atoms with Gasteiger partial charge in [-0.1, -0.05) is 40.9 Å². The fraction of sp³-hybridized carbons (Fsp3) is 0.235. The largest absolute Gasteiger partial charge is 0.461 e. The molecular formula is C17H14Cl3NO6S. The Bertz CT molecular complexity index is 992. The standard InChI is InChI=1S/C17H14Cl3NO6S/c18-11-2-1-3-12(19)17(11)28(23,24)21-5-4-15(22)25-8-10-6-13(20)16-14(7-10)26-9-27-16/h1-3,6-7,21H,4-5,8-9H2. The van der Waals surface area contributed by atoms with Gasteiger partial charge in [-0.25, -0.2) is 13.1 Å². The smallest absolute Gasteiger partial charge is 0.307 e. The molecule has 0 aromatic heterocycles. The highest BCUT2D eigenvalue weighted by molar-refractivity contribution is 7.89. The van der Waals surface area contributed by atoms with E-state index < -0.39 is 16.0 Å². The summed E-state index contributed by atoms with van der Waals surface area (Å²) >= 11 is 17.9. The molecule has 0 saturated heterocycles. The third-order valence-corrected chi connectivity index (χ3v) is 6.39. The molecule has 0 saturated carbocycles. The zero-order chi connectivity index (χ0) is 20.3. The second-order valence-electron chi connectivity index (χ2n) is 5.67. The van der Waals surface area contributed by atoms with E-state index in [1.807, 2.05) is 0 Å². The predicted molar refractivity (Wildman–Crippen MR) is 104 cm³/mol. The average molecular weight is 467 g/mol. The van der Waals surface area contributed by atoms with Crippen LogP contribution in [-0.4, -0.2) is 27.7 Å². The summed E-state index contributed by atoms with van der Waals surface area (Å²) in [6.45, 7) is -0.142. The van der Waals surface area contributed by atoms with Crippen molar-refractivity contribution in [2.24, 2.45) is 0 Å². The van der Waals surface area contributed by atoms with Gasteiger partial charge in [-0.2, -0.15) is 0 Å². The Morgan fingerprint density at radius 1 is 1.11 bits per heavy atom. The van der Waals surface area contributed by atoms with Gasteiger partial charge in [0.15, 0.2) is 11.5 Å². The summed E-state index contributed by atoms with van der Waals surface area (Å²) in [4.78, 5) is 11.7. The van der Waals surface area contributed by atoms with Gasteiger partial charge in [-0.05, 0) is 29.8 Å². The lowest BCUT2D eigenvalue weighted by Gasteiger charge is -2.10. The second-order valence-corrected chi connectivity index (χ2v) is 8.60. The topological polar surface area (TPSA) is 90.9 Å². The molecule has 0 atom stereocenters. The number of halogens is 3. The van der Waals surface area contributed by atoms with Crippen molar-refractivity contribution in [2.45, 2.75) is 17.9 Å². The molecule has 7 nitrogen and oxygen atoms in total. The van der Waals surface area contributed by atoms with Gasteiger partial charge in [0.2, 0.25) is 16.8 Å². The Kier molecular flexibility index (Phi) is 6.57. The van der Waals surface area contributed by atoms with Crippen LogP contribution in [0.15, 0.2) is 35.2 Å². The molecule has 2 aromatic rings. The van der Waals surface area contributed by atoms with Crippen molar-refractivity contribution in [1.29, 1.82) is 0 Å². The first-order valence-corrected chi connectivity index (χ1v) is 10.6. The van der Waals surface area contributed by atoms with Crippen LogP contribution >= 0.6 is 34.8 Å². The molecular weight excluding hydrogens is 453 g/mol. The van der Waals surface area contributed by atoms with Crippen molar-refractivity contribution in [1.82, 2.24) is 4.72 Å². The van der Waals surface area contributed by atoms with E-state index in [1.165, 1.54) is 18.2 Å². The number of rotatable bonds is 7. The maximum Gasteiger partial charge on any atom is 0.307 e. The van der Waals surface area contributed by atoms with Gasteiger partial charge < -0.3 is 14.2 Å². The maximum atomic E-state index is 12.3. The van der Waals surface area contributed by atoms with Crippen LogP contribution in [0.3, 0.4) is 0 Å².